The summed E-state index contributed by atoms with van der Waals surface area (Å²) in [4.78, 5) is 13.0. The molecular weight excluding hydrogens is 280 g/mol. The molecule has 0 unspecified atom stereocenters. The summed E-state index contributed by atoms with van der Waals surface area (Å²) in [6.45, 7) is 8.00. The van der Waals surface area contributed by atoms with Crippen LogP contribution >= 0.6 is 11.8 Å². The maximum Gasteiger partial charge on any atom is 0.187 e. The van der Waals surface area contributed by atoms with Crippen molar-refractivity contribution in [1.82, 2.24) is 19.4 Å². The lowest BCUT2D eigenvalue weighted by atomic mass is 10.3. The van der Waals surface area contributed by atoms with Gasteiger partial charge in [0.1, 0.15) is 5.65 Å². The van der Waals surface area contributed by atoms with Crippen LogP contribution in [0.3, 0.4) is 0 Å². The Labute approximate surface area is 130 Å². The standard InChI is InChI=1S/C12H10N4S.2C2H6/c1-17-12-13-6-5-9(15-12)10-8-14-11-4-2-3-7-16(10)11;2*1-2/h2-8H,1H3;2*1-2H3. The monoisotopic (exact) mass is 302 g/mol. The molecule has 0 atom stereocenters. The van der Waals surface area contributed by atoms with Gasteiger partial charge in [-0.1, -0.05) is 45.5 Å². The second kappa shape index (κ2) is 9.13. The zero-order valence-electron chi connectivity index (χ0n) is 13.2. The normalized spacial score (nSPS) is 9.38. The number of rotatable bonds is 2. The first kappa shape index (κ1) is 17.2. The van der Waals surface area contributed by atoms with Crippen LogP contribution in [0.2, 0.25) is 0 Å². The van der Waals surface area contributed by atoms with Gasteiger partial charge in [-0.05, 0) is 24.5 Å². The fraction of sp³-hybridized carbons (Fsp3) is 0.312. The van der Waals surface area contributed by atoms with Crippen LogP contribution in [-0.2, 0) is 0 Å². The van der Waals surface area contributed by atoms with Gasteiger partial charge in [0.25, 0.3) is 0 Å². The van der Waals surface area contributed by atoms with Crippen LogP contribution < -0.4 is 0 Å². The molecule has 0 spiro atoms. The molecule has 0 fully saturated rings. The lowest BCUT2D eigenvalue weighted by molar-refractivity contribution is 0.968. The van der Waals surface area contributed by atoms with Crippen molar-refractivity contribution >= 4 is 17.4 Å². The highest BCUT2D eigenvalue weighted by Crippen LogP contribution is 2.20. The molecular formula is C16H22N4S. The molecule has 0 aliphatic carbocycles. The lowest BCUT2D eigenvalue weighted by Crippen LogP contribution is -1.92. The average Bonchev–Trinajstić information content (AvgIpc) is 3.02. The molecule has 4 nitrogen and oxygen atoms in total. The molecule has 0 saturated heterocycles. The van der Waals surface area contributed by atoms with E-state index in [0.29, 0.717) is 0 Å². The zero-order chi connectivity index (χ0) is 15.7. The summed E-state index contributed by atoms with van der Waals surface area (Å²) in [7, 11) is 0. The molecule has 21 heavy (non-hydrogen) atoms. The van der Waals surface area contributed by atoms with Crippen molar-refractivity contribution in [2.45, 2.75) is 32.9 Å². The molecule has 3 aromatic rings. The van der Waals surface area contributed by atoms with Crippen LogP contribution in [-0.4, -0.2) is 25.6 Å². The highest BCUT2D eigenvalue weighted by molar-refractivity contribution is 7.98. The topological polar surface area (TPSA) is 43.1 Å². The summed E-state index contributed by atoms with van der Waals surface area (Å²) in [5.74, 6) is 0. The third kappa shape index (κ3) is 4.04. The molecule has 0 aliphatic rings. The molecule has 0 N–H and O–H groups in total. The third-order valence-corrected chi connectivity index (χ3v) is 3.06. The van der Waals surface area contributed by atoms with E-state index in [1.54, 1.807) is 6.20 Å². The highest BCUT2D eigenvalue weighted by atomic mass is 32.2. The van der Waals surface area contributed by atoms with Crippen molar-refractivity contribution in [2.24, 2.45) is 0 Å². The number of hydrogen-bond acceptors (Lipinski definition) is 4. The van der Waals surface area contributed by atoms with E-state index in [1.165, 1.54) is 11.8 Å². The van der Waals surface area contributed by atoms with Gasteiger partial charge in [0.05, 0.1) is 17.6 Å². The van der Waals surface area contributed by atoms with Gasteiger partial charge >= 0.3 is 0 Å². The van der Waals surface area contributed by atoms with Crippen molar-refractivity contribution < 1.29 is 0 Å². The maximum absolute atomic E-state index is 4.47. The average molecular weight is 302 g/mol. The quantitative estimate of drug-likeness (QED) is 0.514. The van der Waals surface area contributed by atoms with Gasteiger partial charge < -0.3 is 0 Å². The largest absolute Gasteiger partial charge is 0.298 e. The van der Waals surface area contributed by atoms with Crippen molar-refractivity contribution in [1.29, 1.82) is 0 Å². The summed E-state index contributed by atoms with van der Waals surface area (Å²) in [6.07, 6.45) is 7.56. The summed E-state index contributed by atoms with van der Waals surface area (Å²) in [6, 6.07) is 7.82. The van der Waals surface area contributed by atoms with E-state index in [4.69, 9.17) is 0 Å². The number of hydrogen-bond donors (Lipinski definition) is 0. The van der Waals surface area contributed by atoms with E-state index < -0.39 is 0 Å². The Bertz CT molecular complexity index is 664. The van der Waals surface area contributed by atoms with Crippen LogP contribution in [0.1, 0.15) is 27.7 Å². The van der Waals surface area contributed by atoms with Crippen molar-refractivity contribution in [2.75, 3.05) is 6.26 Å². The van der Waals surface area contributed by atoms with E-state index in [1.807, 2.05) is 75.0 Å². The molecule has 3 rings (SSSR count). The first-order valence-electron chi connectivity index (χ1n) is 7.18. The van der Waals surface area contributed by atoms with Crippen LogP contribution in [0.5, 0.6) is 0 Å². The smallest absolute Gasteiger partial charge is 0.187 e. The van der Waals surface area contributed by atoms with Gasteiger partial charge in [-0.15, -0.1) is 0 Å². The molecule has 0 amide bonds. The Hall–Kier alpha value is -1.88. The number of aromatic nitrogens is 4. The Kier molecular flexibility index (Phi) is 7.46. The Morgan fingerprint density at radius 3 is 2.48 bits per heavy atom. The highest BCUT2D eigenvalue weighted by Gasteiger charge is 2.07. The second-order valence-corrected chi connectivity index (χ2v) is 4.27. The molecule has 0 saturated carbocycles. The summed E-state index contributed by atoms with van der Waals surface area (Å²) in [5.41, 5.74) is 2.80. The summed E-state index contributed by atoms with van der Waals surface area (Å²) < 4.78 is 2.02. The summed E-state index contributed by atoms with van der Waals surface area (Å²) in [5, 5.41) is 0.772. The molecule has 112 valence electrons. The van der Waals surface area contributed by atoms with Crippen molar-refractivity contribution in [3.05, 3.63) is 42.9 Å². The van der Waals surface area contributed by atoms with E-state index in [9.17, 15) is 0 Å². The predicted molar refractivity (Wildman–Crippen MR) is 90.7 cm³/mol. The molecule has 0 aromatic carbocycles. The van der Waals surface area contributed by atoms with E-state index in [0.717, 1.165) is 22.2 Å². The van der Waals surface area contributed by atoms with E-state index >= 15 is 0 Å². The third-order valence-electron chi connectivity index (χ3n) is 2.50. The van der Waals surface area contributed by atoms with Crippen molar-refractivity contribution in [3.63, 3.8) is 0 Å². The van der Waals surface area contributed by atoms with Gasteiger partial charge in [0, 0.05) is 12.4 Å². The van der Waals surface area contributed by atoms with Gasteiger partial charge in [0.15, 0.2) is 5.16 Å². The minimum Gasteiger partial charge on any atom is -0.298 e. The van der Waals surface area contributed by atoms with Crippen molar-refractivity contribution in [3.8, 4) is 11.4 Å². The number of imidazole rings is 1. The Morgan fingerprint density at radius 2 is 1.76 bits per heavy atom. The second-order valence-electron chi connectivity index (χ2n) is 3.50. The van der Waals surface area contributed by atoms with Gasteiger partial charge in [-0.3, -0.25) is 4.40 Å². The molecule has 0 aliphatic heterocycles. The van der Waals surface area contributed by atoms with Crippen LogP contribution in [0.25, 0.3) is 17.0 Å². The fourth-order valence-electron chi connectivity index (χ4n) is 1.70. The molecule has 0 bridgehead atoms. The molecule has 0 radical (unpaired) electrons. The van der Waals surface area contributed by atoms with Gasteiger partial charge in [-0.25, -0.2) is 15.0 Å². The SMILES string of the molecule is CC.CC.CSc1nccc(-c2cnc3ccccn23)n1. The minimum atomic E-state index is 0.772. The number of fused-ring (bicyclic) bond motifs is 1. The first-order chi connectivity index (χ1) is 10.4. The van der Waals surface area contributed by atoms with Crippen LogP contribution in [0.15, 0.2) is 48.0 Å². The predicted octanol–water partition coefficient (Wildman–Crippen LogP) is 4.57. The minimum absolute atomic E-state index is 0.772. The summed E-state index contributed by atoms with van der Waals surface area (Å²) >= 11 is 1.53. The van der Waals surface area contributed by atoms with Gasteiger partial charge in [0.2, 0.25) is 0 Å². The van der Waals surface area contributed by atoms with E-state index in [2.05, 4.69) is 15.0 Å². The maximum atomic E-state index is 4.47. The van der Waals surface area contributed by atoms with E-state index in [-0.39, 0.29) is 0 Å². The van der Waals surface area contributed by atoms with Crippen LogP contribution in [0, 0.1) is 0 Å². The molecule has 3 aromatic heterocycles. The lowest BCUT2D eigenvalue weighted by Gasteiger charge is -2.01. The van der Waals surface area contributed by atoms with Crippen LogP contribution in [0.4, 0.5) is 0 Å². The number of pyridine rings is 1. The molecule has 3 heterocycles. The Balaban J connectivity index is 0.000000510. The first-order valence-corrected chi connectivity index (χ1v) is 8.40. The zero-order valence-corrected chi connectivity index (χ0v) is 14.1. The fourth-order valence-corrected chi connectivity index (χ4v) is 2.06. The van der Waals surface area contributed by atoms with Gasteiger partial charge in [-0.2, -0.15) is 0 Å². The Morgan fingerprint density at radius 1 is 1.00 bits per heavy atom. The molecule has 5 heteroatoms. The number of thioether (sulfide) groups is 1. The number of nitrogens with zero attached hydrogens (tertiary/aromatic N) is 4.